The predicted octanol–water partition coefficient (Wildman–Crippen LogP) is 4.47. The van der Waals surface area contributed by atoms with Gasteiger partial charge >= 0.3 is 0 Å². The molecule has 2 rings (SSSR count). The average Bonchev–Trinajstić information content (AvgIpc) is 2.58. The van der Waals surface area contributed by atoms with E-state index in [4.69, 9.17) is 0 Å². The third-order valence-corrected chi connectivity index (χ3v) is 3.28. The fraction of sp³-hybridized carbons (Fsp3) is 0.357. The molecule has 0 bridgehead atoms. The molecule has 18 heavy (non-hydrogen) atoms. The standard InChI is InChI=1S/C14H17FN2S/c1-9-12(10-5-7-11(15)8-6-10)16-13(18-9)17-14(2,3)4/h5-8H,1-4H3,(H,16,17). The molecule has 2 aromatic rings. The first kappa shape index (κ1) is 13.0. The minimum Gasteiger partial charge on any atom is -0.357 e. The van der Waals surface area contributed by atoms with Gasteiger partial charge in [0.1, 0.15) is 5.82 Å². The van der Waals surface area contributed by atoms with Crippen LogP contribution in [0.1, 0.15) is 25.6 Å². The number of aromatic nitrogens is 1. The molecule has 1 aromatic carbocycles. The van der Waals surface area contributed by atoms with Crippen molar-refractivity contribution in [2.75, 3.05) is 5.32 Å². The van der Waals surface area contributed by atoms with Crippen LogP contribution in [0.4, 0.5) is 9.52 Å². The van der Waals surface area contributed by atoms with Crippen molar-refractivity contribution in [3.63, 3.8) is 0 Å². The molecule has 0 aliphatic carbocycles. The number of hydrogen-bond acceptors (Lipinski definition) is 3. The zero-order valence-electron chi connectivity index (χ0n) is 11.0. The molecule has 0 fully saturated rings. The van der Waals surface area contributed by atoms with Crippen LogP contribution in [-0.2, 0) is 0 Å². The first-order valence-corrected chi connectivity index (χ1v) is 6.68. The molecule has 0 unspecified atom stereocenters. The molecule has 0 atom stereocenters. The third-order valence-electron chi connectivity index (χ3n) is 2.40. The van der Waals surface area contributed by atoms with Crippen molar-refractivity contribution in [1.29, 1.82) is 0 Å². The summed E-state index contributed by atoms with van der Waals surface area (Å²) in [6, 6.07) is 6.45. The van der Waals surface area contributed by atoms with Gasteiger partial charge in [-0.1, -0.05) is 0 Å². The van der Waals surface area contributed by atoms with Crippen LogP contribution in [0.3, 0.4) is 0 Å². The highest BCUT2D eigenvalue weighted by molar-refractivity contribution is 7.16. The van der Waals surface area contributed by atoms with Gasteiger partial charge in [0.2, 0.25) is 0 Å². The van der Waals surface area contributed by atoms with Crippen molar-refractivity contribution in [3.05, 3.63) is 35.0 Å². The van der Waals surface area contributed by atoms with Crippen LogP contribution in [0.5, 0.6) is 0 Å². The van der Waals surface area contributed by atoms with Crippen molar-refractivity contribution in [2.24, 2.45) is 0 Å². The van der Waals surface area contributed by atoms with Gasteiger partial charge in [0.25, 0.3) is 0 Å². The van der Waals surface area contributed by atoms with Gasteiger partial charge in [-0.3, -0.25) is 0 Å². The number of nitrogens with one attached hydrogen (secondary N) is 1. The van der Waals surface area contributed by atoms with Gasteiger partial charge in [-0.05, 0) is 52.0 Å². The molecule has 1 aromatic heterocycles. The number of benzene rings is 1. The van der Waals surface area contributed by atoms with Gasteiger partial charge in [-0.25, -0.2) is 9.37 Å². The molecule has 0 aliphatic rings. The molecule has 0 saturated carbocycles. The monoisotopic (exact) mass is 264 g/mol. The average molecular weight is 264 g/mol. The molecular weight excluding hydrogens is 247 g/mol. The summed E-state index contributed by atoms with van der Waals surface area (Å²) in [6.45, 7) is 8.33. The Labute approximate surface area is 111 Å². The second kappa shape index (κ2) is 4.69. The van der Waals surface area contributed by atoms with Crippen molar-refractivity contribution >= 4 is 16.5 Å². The zero-order chi connectivity index (χ0) is 13.3. The molecule has 2 nitrogen and oxygen atoms in total. The molecule has 0 radical (unpaired) electrons. The van der Waals surface area contributed by atoms with Crippen LogP contribution < -0.4 is 5.32 Å². The Morgan fingerprint density at radius 1 is 1.17 bits per heavy atom. The maximum absolute atomic E-state index is 12.9. The lowest BCUT2D eigenvalue weighted by molar-refractivity contribution is 0.628. The SMILES string of the molecule is Cc1sc(NC(C)(C)C)nc1-c1ccc(F)cc1. The largest absolute Gasteiger partial charge is 0.357 e. The summed E-state index contributed by atoms with van der Waals surface area (Å²) in [6.07, 6.45) is 0. The molecule has 96 valence electrons. The van der Waals surface area contributed by atoms with Gasteiger partial charge in [0.05, 0.1) is 5.69 Å². The molecule has 1 N–H and O–H groups in total. The number of rotatable bonds is 2. The first-order chi connectivity index (χ1) is 8.35. The molecule has 0 aliphatic heterocycles. The lowest BCUT2D eigenvalue weighted by Gasteiger charge is -2.19. The van der Waals surface area contributed by atoms with E-state index in [0.717, 1.165) is 21.3 Å². The summed E-state index contributed by atoms with van der Waals surface area (Å²) in [5, 5.41) is 4.26. The van der Waals surface area contributed by atoms with Crippen LogP contribution in [0.15, 0.2) is 24.3 Å². The summed E-state index contributed by atoms with van der Waals surface area (Å²) in [5.41, 5.74) is 1.86. The molecular formula is C14H17FN2S. The maximum Gasteiger partial charge on any atom is 0.183 e. The normalized spacial score (nSPS) is 11.6. The summed E-state index contributed by atoms with van der Waals surface area (Å²) >= 11 is 1.62. The van der Waals surface area contributed by atoms with Crippen LogP contribution in [0.2, 0.25) is 0 Å². The van der Waals surface area contributed by atoms with Crippen LogP contribution in [0, 0.1) is 12.7 Å². The van der Waals surface area contributed by atoms with Crippen LogP contribution >= 0.6 is 11.3 Å². The smallest absolute Gasteiger partial charge is 0.183 e. The highest BCUT2D eigenvalue weighted by atomic mass is 32.1. The fourth-order valence-electron chi connectivity index (χ4n) is 1.65. The van der Waals surface area contributed by atoms with E-state index in [-0.39, 0.29) is 11.4 Å². The Hall–Kier alpha value is -1.42. The van der Waals surface area contributed by atoms with E-state index >= 15 is 0 Å². The zero-order valence-corrected chi connectivity index (χ0v) is 11.9. The van der Waals surface area contributed by atoms with Crippen LogP contribution in [0.25, 0.3) is 11.3 Å². The van der Waals surface area contributed by atoms with Crippen molar-refractivity contribution in [1.82, 2.24) is 4.98 Å². The summed E-state index contributed by atoms with van der Waals surface area (Å²) in [7, 11) is 0. The Kier molecular flexibility index (Phi) is 3.39. The van der Waals surface area contributed by atoms with E-state index < -0.39 is 0 Å². The number of hydrogen-bond donors (Lipinski definition) is 1. The summed E-state index contributed by atoms with van der Waals surface area (Å²) in [4.78, 5) is 5.71. The summed E-state index contributed by atoms with van der Waals surface area (Å²) < 4.78 is 12.9. The van der Waals surface area contributed by atoms with E-state index in [1.165, 1.54) is 12.1 Å². The van der Waals surface area contributed by atoms with Crippen molar-refractivity contribution < 1.29 is 4.39 Å². The highest BCUT2D eigenvalue weighted by Crippen LogP contribution is 2.31. The Balaban J connectivity index is 2.32. The minimum absolute atomic E-state index is 0.00956. The number of thiazole rings is 1. The lowest BCUT2D eigenvalue weighted by Crippen LogP contribution is -2.25. The van der Waals surface area contributed by atoms with Crippen molar-refractivity contribution in [2.45, 2.75) is 33.2 Å². The number of halogens is 1. The Morgan fingerprint density at radius 2 is 1.78 bits per heavy atom. The predicted molar refractivity (Wildman–Crippen MR) is 75.6 cm³/mol. The molecule has 0 saturated heterocycles. The topological polar surface area (TPSA) is 24.9 Å². The van der Waals surface area contributed by atoms with E-state index in [1.807, 2.05) is 6.92 Å². The van der Waals surface area contributed by atoms with Gasteiger partial charge in [-0.15, -0.1) is 11.3 Å². The minimum atomic E-state index is -0.223. The molecule has 1 heterocycles. The second-order valence-corrected chi connectivity index (χ2v) is 6.51. The van der Waals surface area contributed by atoms with Crippen molar-refractivity contribution in [3.8, 4) is 11.3 Å². The number of aryl methyl sites for hydroxylation is 1. The third kappa shape index (κ3) is 3.07. The van der Waals surface area contributed by atoms with Gasteiger partial charge in [0.15, 0.2) is 5.13 Å². The maximum atomic E-state index is 12.9. The second-order valence-electron chi connectivity index (χ2n) is 5.31. The van der Waals surface area contributed by atoms with Gasteiger partial charge in [0, 0.05) is 16.0 Å². The van der Waals surface area contributed by atoms with E-state index in [9.17, 15) is 4.39 Å². The van der Waals surface area contributed by atoms with Gasteiger partial charge < -0.3 is 5.32 Å². The van der Waals surface area contributed by atoms with E-state index in [1.54, 1.807) is 23.5 Å². The quantitative estimate of drug-likeness (QED) is 0.865. The fourth-order valence-corrected chi connectivity index (χ4v) is 2.69. The lowest BCUT2D eigenvalue weighted by atomic mass is 10.1. The highest BCUT2D eigenvalue weighted by Gasteiger charge is 2.15. The number of anilines is 1. The number of nitrogens with zero attached hydrogens (tertiary/aromatic N) is 1. The Morgan fingerprint density at radius 3 is 2.33 bits per heavy atom. The Bertz CT molecular complexity index is 538. The van der Waals surface area contributed by atoms with E-state index in [2.05, 4.69) is 31.1 Å². The summed E-state index contributed by atoms with van der Waals surface area (Å²) in [5.74, 6) is -0.223. The van der Waals surface area contributed by atoms with E-state index in [0.29, 0.717) is 0 Å². The molecule has 0 spiro atoms. The molecule has 0 amide bonds. The first-order valence-electron chi connectivity index (χ1n) is 5.87. The van der Waals surface area contributed by atoms with Gasteiger partial charge in [-0.2, -0.15) is 0 Å². The van der Waals surface area contributed by atoms with Crippen LogP contribution in [-0.4, -0.2) is 10.5 Å². The molecule has 4 heteroatoms.